The molecule has 0 amide bonds. The lowest BCUT2D eigenvalue weighted by atomic mass is 9.95. The Labute approximate surface area is 127 Å². The first-order valence-corrected chi connectivity index (χ1v) is 7.83. The van der Waals surface area contributed by atoms with Gasteiger partial charge in [0.2, 0.25) is 0 Å². The molecule has 21 heavy (non-hydrogen) atoms. The molecule has 0 spiro atoms. The SMILES string of the molecule is CCC1CCCN(Cc2ccc(F)cc2C#CCCO)C1. The van der Waals surface area contributed by atoms with Gasteiger partial charge in [0.25, 0.3) is 0 Å². The summed E-state index contributed by atoms with van der Waals surface area (Å²) in [4.78, 5) is 2.45. The first-order valence-electron chi connectivity index (χ1n) is 7.83. The van der Waals surface area contributed by atoms with Gasteiger partial charge in [-0.25, -0.2) is 4.39 Å². The third-order valence-electron chi connectivity index (χ3n) is 4.11. The van der Waals surface area contributed by atoms with Crippen LogP contribution in [0.4, 0.5) is 4.39 Å². The van der Waals surface area contributed by atoms with Gasteiger partial charge < -0.3 is 5.11 Å². The molecule has 114 valence electrons. The van der Waals surface area contributed by atoms with Crippen LogP contribution in [0.5, 0.6) is 0 Å². The molecular weight excluding hydrogens is 265 g/mol. The Morgan fingerprint density at radius 3 is 3.05 bits per heavy atom. The van der Waals surface area contributed by atoms with Gasteiger partial charge in [-0.3, -0.25) is 4.90 Å². The lowest BCUT2D eigenvalue weighted by Gasteiger charge is -2.32. The highest BCUT2D eigenvalue weighted by molar-refractivity contribution is 5.41. The smallest absolute Gasteiger partial charge is 0.124 e. The molecule has 0 aromatic heterocycles. The van der Waals surface area contributed by atoms with Crippen LogP contribution in [0.15, 0.2) is 18.2 Å². The molecular formula is C18H24FNO. The molecule has 0 saturated carbocycles. The summed E-state index contributed by atoms with van der Waals surface area (Å²) in [5.74, 6) is 6.41. The van der Waals surface area contributed by atoms with E-state index >= 15 is 0 Å². The molecule has 1 saturated heterocycles. The molecule has 0 aliphatic carbocycles. The fourth-order valence-corrected chi connectivity index (χ4v) is 2.89. The second kappa shape index (κ2) is 8.17. The van der Waals surface area contributed by atoms with Crippen LogP contribution in [0.1, 0.15) is 43.7 Å². The molecule has 1 aliphatic rings. The van der Waals surface area contributed by atoms with Gasteiger partial charge in [-0.05, 0) is 43.0 Å². The molecule has 0 radical (unpaired) electrons. The zero-order valence-corrected chi connectivity index (χ0v) is 12.7. The Morgan fingerprint density at radius 1 is 1.43 bits per heavy atom. The number of benzene rings is 1. The maximum absolute atomic E-state index is 13.4. The van der Waals surface area contributed by atoms with Crippen LogP contribution in [-0.2, 0) is 6.54 Å². The summed E-state index contributed by atoms with van der Waals surface area (Å²) < 4.78 is 13.4. The van der Waals surface area contributed by atoms with E-state index in [9.17, 15) is 4.39 Å². The fraction of sp³-hybridized carbons (Fsp3) is 0.556. The Balaban J connectivity index is 2.10. The Morgan fingerprint density at radius 2 is 2.29 bits per heavy atom. The van der Waals surface area contributed by atoms with E-state index in [1.807, 2.05) is 6.07 Å². The fourth-order valence-electron chi connectivity index (χ4n) is 2.89. The number of aliphatic hydroxyl groups is 1. The lowest BCUT2D eigenvalue weighted by molar-refractivity contribution is 0.164. The van der Waals surface area contributed by atoms with Gasteiger partial charge in [-0.1, -0.05) is 31.3 Å². The maximum atomic E-state index is 13.4. The van der Waals surface area contributed by atoms with Gasteiger partial charge in [0, 0.05) is 25.1 Å². The number of nitrogens with zero attached hydrogens (tertiary/aromatic N) is 1. The van der Waals surface area contributed by atoms with E-state index in [4.69, 9.17) is 5.11 Å². The van der Waals surface area contributed by atoms with E-state index in [0.717, 1.165) is 36.7 Å². The summed E-state index contributed by atoms with van der Waals surface area (Å²) in [6.07, 6.45) is 4.21. The van der Waals surface area contributed by atoms with Crippen molar-refractivity contribution in [1.29, 1.82) is 0 Å². The molecule has 1 N–H and O–H groups in total. The summed E-state index contributed by atoms with van der Waals surface area (Å²) in [7, 11) is 0. The van der Waals surface area contributed by atoms with Crippen LogP contribution in [0.25, 0.3) is 0 Å². The Kier molecular flexibility index (Phi) is 6.22. The van der Waals surface area contributed by atoms with Crippen molar-refractivity contribution in [3.05, 3.63) is 35.1 Å². The van der Waals surface area contributed by atoms with Crippen LogP contribution < -0.4 is 0 Å². The van der Waals surface area contributed by atoms with Crippen LogP contribution in [0.2, 0.25) is 0 Å². The van der Waals surface area contributed by atoms with Gasteiger partial charge in [-0.15, -0.1) is 0 Å². The normalized spacial score (nSPS) is 19.1. The van der Waals surface area contributed by atoms with Crippen LogP contribution in [0.3, 0.4) is 0 Å². The number of likely N-dealkylation sites (tertiary alicyclic amines) is 1. The largest absolute Gasteiger partial charge is 0.395 e. The molecule has 3 heteroatoms. The average molecular weight is 289 g/mol. The summed E-state index contributed by atoms with van der Waals surface area (Å²) in [6.45, 7) is 5.36. The lowest BCUT2D eigenvalue weighted by Crippen LogP contribution is -2.34. The van der Waals surface area contributed by atoms with Gasteiger partial charge in [0.15, 0.2) is 0 Å². The predicted molar refractivity (Wildman–Crippen MR) is 83.3 cm³/mol. The minimum absolute atomic E-state index is 0.0436. The molecule has 1 aromatic rings. The number of hydrogen-bond donors (Lipinski definition) is 1. The summed E-state index contributed by atoms with van der Waals surface area (Å²) >= 11 is 0. The quantitative estimate of drug-likeness (QED) is 0.861. The minimum atomic E-state index is -0.253. The van der Waals surface area contributed by atoms with Crippen LogP contribution >= 0.6 is 0 Å². The minimum Gasteiger partial charge on any atom is -0.395 e. The van der Waals surface area contributed by atoms with Crippen molar-refractivity contribution in [3.8, 4) is 11.8 Å². The molecule has 1 fully saturated rings. The number of hydrogen-bond acceptors (Lipinski definition) is 2. The third-order valence-corrected chi connectivity index (χ3v) is 4.11. The molecule has 1 heterocycles. The summed E-state index contributed by atoms with van der Waals surface area (Å²) in [5.41, 5.74) is 1.83. The van der Waals surface area contributed by atoms with Crippen molar-refractivity contribution < 1.29 is 9.50 Å². The standard InChI is InChI=1S/C18H24FNO/c1-2-15-6-5-10-20(13-15)14-17-8-9-18(19)12-16(17)7-3-4-11-21/h8-9,12,15,21H,2,4-6,10-11,13-14H2,1H3. The molecule has 1 aromatic carbocycles. The zero-order chi connectivity index (χ0) is 15.1. The predicted octanol–water partition coefficient (Wildman–Crippen LogP) is 3.18. The van der Waals surface area contributed by atoms with E-state index in [1.165, 1.54) is 31.4 Å². The first-order chi connectivity index (χ1) is 10.2. The zero-order valence-electron chi connectivity index (χ0n) is 12.7. The number of piperidine rings is 1. The highest BCUT2D eigenvalue weighted by atomic mass is 19.1. The van der Waals surface area contributed by atoms with Crippen LogP contribution in [0, 0.1) is 23.6 Å². The van der Waals surface area contributed by atoms with E-state index < -0.39 is 0 Å². The highest BCUT2D eigenvalue weighted by Gasteiger charge is 2.19. The third kappa shape index (κ3) is 4.84. The van der Waals surface area contributed by atoms with E-state index in [1.54, 1.807) is 0 Å². The van der Waals surface area contributed by atoms with Crippen molar-refractivity contribution in [2.75, 3.05) is 19.7 Å². The Hall–Kier alpha value is -1.37. The van der Waals surface area contributed by atoms with Gasteiger partial charge in [0.05, 0.1) is 6.61 Å². The van der Waals surface area contributed by atoms with E-state index in [2.05, 4.69) is 23.7 Å². The van der Waals surface area contributed by atoms with Gasteiger partial charge >= 0.3 is 0 Å². The highest BCUT2D eigenvalue weighted by Crippen LogP contribution is 2.22. The summed E-state index contributed by atoms with van der Waals surface area (Å²) in [6, 6.07) is 4.85. The maximum Gasteiger partial charge on any atom is 0.124 e. The number of halogens is 1. The van der Waals surface area contributed by atoms with Gasteiger partial charge in [-0.2, -0.15) is 0 Å². The second-order valence-corrected chi connectivity index (χ2v) is 5.73. The van der Waals surface area contributed by atoms with E-state index in [0.29, 0.717) is 6.42 Å². The monoisotopic (exact) mass is 289 g/mol. The number of aliphatic hydroxyl groups excluding tert-OH is 1. The molecule has 2 nitrogen and oxygen atoms in total. The van der Waals surface area contributed by atoms with Crippen molar-refractivity contribution in [2.45, 2.75) is 39.2 Å². The molecule has 0 bridgehead atoms. The molecule has 1 unspecified atom stereocenters. The topological polar surface area (TPSA) is 23.5 Å². The van der Waals surface area contributed by atoms with Crippen molar-refractivity contribution in [1.82, 2.24) is 4.90 Å². The van der Waals surface area contributed by atoms with Crippen molar-refractivity contribution in [3.63, 3.8) is 0 Å². The van der Waals surface area contributed by atoms with Crippen molar-refractivity contribution in [2.24, 2.45) is 5.92 Å². The summed E-state index contributed by atoms with van der Waals surface area (Å²) in [5, 5.41) is 8.80. The Bertz CT molecular complexity index is 518. The van der Waals surface area contributed by atoms with Gasteiger partial charge in [0.1, 0.15) is 5.82 Å². The molecule has 1 atom stereocenters. The van der Waals surface area contributed by atoms with Crippen molar-refractivity contribution >= 4 is 0 Å². The first kappa shape index (κ1) is 16.0. The average Bonchev–Trinajstić information content (AvgIpc) is 2.50. The second-order valence-electron chi connectivity index (χ2n) is 5.73. The van der Waals surface area contributed by atoms with Crippen LogP contribution in [-0.4, -0.2) is 29.7 Å². The van der Waals surface area contributed by atoms with E-state index in [-0.39, 0.29) is 12.4 Å². The molecule has 2 rings (SSSR count). The molecule has 1 aliphatic heterocycles. The number of rotatable bonds is 4.